The molecular formula is C6H8N4O2S. The molecule has 7 heteroatoms. The molecule has 6 nitrogen and oxygen atoms in total. The largest absolute Gasteiger partial charge is 0.398 e. The van der Waals surface area contributed by atoms with Gasteiger partial charge in [0.15, 0.2) is 5.01 Å². The number of amides is 1. The number of rotatable bonds is 3. The van der Waals surface area contributed by atoms with Crippen molar-refractivity contribution < 1.29 is 9.63 Å². The first-order valence-electron chi connectivity index (χ1n) is 3.27. The minimum atomic E-state index is -0.698. The van der Waals surface area contributed by atoms with E-state index in [4.69, 9.17) is 11.5 Å². The molecule has 1 amide bonds. The van der Waals surface area contributed by atoms with Gasteiger partial charge < -0.3 is 16.3 Å². The molecule has 0 bridgehead atoms. The van der Waals surface area contributed by atoms with Gasteiger partial charge in [-0.1, -0.05) is 5.16 Å². The number of hydrogen-bond donors (Lipinski definition) is 2. The van der Waals surface area contributed by atoms with Gasteiger partial charge in [0, 0.05) is 5.38 Å². The van der Waals surface area contributed by atoms with Crippen LogP contribution in [0, 0.1) is 0 Å². The smallest absolute Gasteiger partial charge is 0.273 e. The van der Waals surface area contributed by atoms with Crippen LogP contribution >= 0.6 is 11.3 Å². The summed E-state index contributed by atoms with van der Waals surface area (Å²) in [7, 11) is 1.32. The molecule has 0 radical (unpaired) electrons. The number of nitrogens with zero attached hydrogens (tertiary/aromatic N) is 2. The fourth-order valence-corrected chi connectivity index (χ4v) is 1.37. The molecule has 0 fully saturated rings. The van der Waals surface area contributed by atoms with Crippen molar-refractivity contribution in [2.24, 2.45) is 10.9 Å². The molecule has 0 aliphatic heterocycles. The number of thiazole rings is 1. The van der Waals surface area contributed by atoms with E-state index in [1.54, 1.807) is 5.38 Å². The molecule has 0 aliphatic carbocycles. The summed E-state index contributed by atoms with van der Waals surface area (Å²) in [6.07, 6.45) is 0. The van der Waals surface area contributed by atoms with Crippen molar-refractivity contribution in [3.8, 4) is 0 Å². The summed E-state index contributed by atoms with van der Waals surface area (Å²) < 4.78 is 0. The van der Waals surface area contributed by atoms with Crippen LogP contribution in [0.1, 0.15) is 5.01 Å². The van der Waals surface area contributed by atoms with E-state index in [2.05, 4.69) is 15.0 Å². The highest BCUT2D eigenvalue weighted by Gasteiger charge is 2.14. The van der Waals surface area contributed by atoms with Gasteiger partial charge in [-0.3, -0.25) is 4.79 Å². The zero-order valence-electron chi connectivity index (χ0n) is 6.85. The summed E-state index contributed by atoms with van der Waals surface area (Å²) in [5.41, 5.74) is 10.4. The first kappa shape index (κ1) is 9.46. The third kappa shape index (κ3) is 2.15. The van der Waals surface area contributed by atoms with Gasteiger partial charge in [0.05, 0.1) is 0 Å². The highest BCUT2D eigenvalue weighted by atomic mass is 32.1. The molecule has 1 rings (SSSR count). The van der Waals surface area contributed by atoms with Crippen LogP contribution in [0.15, 0.2) is 10.5 Å². The van der Waals surface area contributed by atoms with Crippen LogP contribution < -0.4 is 11.5 Å². The number of oxime groups is 1. The number of aromatic nitrogens is 1. The Hall–Kier alpha value is -1.63. The zero-order valence-corrected chi connectivity index (χ0v) is 7.67. The van der Waals surface area contributed by atoms with Crippen molar-refractivity contribution in [1.29, 1.82) is 0 Å². The average molecular weight is 200 g/mol. The van der Waals surface area contributed by atoms with Gasteiger partial charge >= 0.3 is 0 Å². The number of primary amides is 1. The van der Waals surface area contributed by atoms with Gasteiger partial charge in [-0.2, -0.15) is 0 Å². The summed E-state index contributed by atoms with van der Waals surface area (Å²) in [6, 6.07) is 0. The molecule has 0 saturated heterocycles. The first-order valence-corrected chi connectivity index (χ1v) is 4.15. The summed E-state index contributed by atoms with van der Waals surface area (Å²) in [5.74, 6) is -0.374. The Bertz CT molecular complexity index is 346. The molecule has 0 unspecified atom stereocenters. The van der Waals surface area contributed by atoms with Crippen LogP contribution in [0.5, 0.6) is 0 Å². The standard InChI is InChI=1S/C6H8N4O2S/c1-12-10-4(5(8)11)6-9-3(7)2-13-6/h2H,7H2,1H3,(H2,8,11). The summed E-state index contributed by atoms with van der Waals surface area (Å²) in [4.78, 5) is 19.1. The third-order valence-electron chi connectivity index (χ3n) is 1.14. The fraction of sp³-hybridized carbons (Fsp3) is 0.167. The molecule has 0 atom stereocenters. The van der Waals surface area contributed by atoms with Gasteiger partial charge in [0.1, 0.15) is 12.9 Å². The molecule has 70 valence electrons. The lowest BCUT2D eigenvalue weighted by Gasteiger charge is -1.94. The van der Waals surface area contributed by atoms with Crippen molar-refractivity contribution in [3.05, 3.63) is 10.4 Å². The minimum absolute atomic E-state index is 0.0239. The molecule has 0 aliphatic rings. The number of carbonyl (C=O) groups excluding carboxylic acids is 1. The van der Waals surface area contributed by atoms with E-state index in [9.17, 15) is 4.79 Å². The Labute approximate surface area is 78.2 Å². The normalized spacial score (nSPS) is 11.3. The SMILES string of the molecule is CON=C(C(N)=O)c1nc(N)cs1. The number of nitrogens with two attached hydrogens (primary N) is 2. The second kappa shape index (κ2) is 3.85. The molecular weight excluding hydrogens is 192 g/mol. The van der Waals surface area contributed by atoms with Gasteiger partial charge in [0.25, 0.3) is 5.91 Å². The molecule has 0 aromatic carbocycles. The van der Waals surface area contributed by atoms with E-state index >= 15 is 0 Å². The topological polar surface area (TPSA) is 104 Å². The minimum Gasteiger partial charge on any atom is -0.398 e. The zero-order chi connectivity index (χ0) is 9.84. The van der Waals surface area contributed by atoms with Crippen molar-refractivity contribution in [2.75, 3.05) is 12.8 Å². The number of carbonyl (C=O) groups is 1. The van der Waals surface area contributed by atoms with E-state index in [1.165, 1.54) is 18.4 Å². The van der Waals surface area contributed by atoms with Gasteiger partial charge in [0.2, 0.25) is 5.71 Å². The highest BCUT2D eigenvalue weighted by molar-refractivity contribution is 7.13. The Balaban J connectivity index is 3.02. The summed E-state index contributed by atoms with van der Waals surface area (Å²) in [5, 5.41) is 5.38. The molecule has 13 heavy (non-hydrogen) atoms. The quantitative estimate of drug-likeness (QED) is 0.510. The van der Waals surface area contributed by atoms with Crippen LogP contribution in [-0.4, -0.2) is 23.7 Å². The van der Waals surface area contributed by atoms with Gasteiger partial charge in [-0.05, 0) is 0 Å². The van der Waals surface area contributed by atoms with Crippen LogP contribution in [0.4, 0.5) is 5.82 Å². The lowest BCUT2D eigenvalue weighted by Crippen LogP contribution is -2.24. The van der Waals surface area contributed by atoms with Crippen LogP contribution in [-0.2, 0) is 9.63 Å². The van der Waals surface area contributed by atoms with Crippen molar-refractivity contribution in [3.63, 3.8) is 0 Å². The second-order valence-corrected chi connectivity index (χ2v) is 2.92. The fourth-order valence-electron chi connectivity index (χ4n) is 0.676. The lowest BCUT2D eigenvalue weighted by atomic mass is 10.4. The maximum atomic E-state index is 10.8. The van der Waals surface area contributed by atoms with Gasteiger partial charge in [-0.15, -0.1) is 11.3 Å². The molecule has 1 heterocycles. The number of nitrogen functional groups attached to an aromatic ring is 1. The molecule has 4 N–H and O–H groups in total. The second-order valence-electron chi connectivity index (χ2n) is 2.06. The number of anilines is 1. The Kier molecular flexibility index (Phi) is 2.80. The van der Waals surface area contributed by atoms with E-state index in [0.717, 1.165) is 0 Å². The van der Waals surface area contributed by atoms with Crippen molar-refractivity contribution in [2.45, 2.75) is 0 Å². The van der Waals surface area contributed by atoms with E-state index in [1.807, 2.05) is 0 Å². The monoisotopic (exact) mass is 200 g/mol. The van der Waals surface area contributed by atoms with Crippen LogP contribution in [0.25, 0.3) is 0 Å². The lowest BCUT2D eigenvalue weighted by molar-refractivity contribution is -0.112. The Morgan fingerprint density at radius 1 is 1.77 bits per heavy atom. The molecule has 0 saturated carbocycles. The predicted octanol–water partition coefficient (Wildman–Crippen LogP) is -0.439. The van der Waals surface area contributed by atoms with Crippen LogP contribution in [0.2, 0.25) is 0 Å². The molecule has 1 aromatic rings. The summed E-state index contributed by atoms with van der Waals surface area (Å²) >= 11 is 1.18. The molecule has 1 aromatic heterocycles. The maximum absolute atomic E-state index is 10.8. The van der Waals surface area contributed by atoms with E-state index in [0.29, 0.717) is 10.8 Å². The maximum Gasteiger partial charge on any atom is 0.273 e. The molecule has 0 spiro atoms. The van der Waals surface area contributed by atoms with E-state index in [-0.39, 0.29) is 5.71 Å². The summed E-state index contributed by atoms with van der Waals surface area (Å²) in [6.45, 7) is 0. The van der Waals surface area contributed by atoms with Crippen LogP contribution in [0.3, 0.4) is 0 Å². The van der Waals surface area contributed by atoms with Gasteiger partial charge in [-0.25, -0.2) is 4.98 Å². The highest BCUT2D eigenvalue weighted by Crippen LogP contribution is 2.12. The van der Waals surface area contributed by atoms with Crippen molar-refractivity contribution >= 4 is 28.8 Å². The first-order chi connectivity index (χ1) is 6.15. The Morgan fingerprint density at radius 2 is 2.46 bits per heavy atom. The average Bonchev–Trinajstić information content (AvgIpc) is 2.46. The Morgan fingerprint density at radius 3 is 2.85 bits per heavy atom. The number of hydrogen-bond acceptors (Lipinski definition) is 6. The van der Waals surface area contributed by atoms with E-state index < -0.39 is 5.91 Å². The van der Waals surface area contributed by atoms with Crippen molar-refractivity contribution in [1.82, 2.24) is 4.98 Å². The predicted molar refractivity (Wildman–Crippen MR) is 49.3 cm³/mol. The third-order valence-corrected chi connectivity index (χ3v) is 2.01.